The van der Waals surface area contributed by atoms with Crippen molar-refractivity contribution >= 4 is 37.9 Å². The SMILES string of the molecule is Cc1ccc(-c2csc(N3CCC(S(=O)(=O)c4ccccc4Cl)CC3)n2)cc1C. The Balaban J connectivity index is 1.47. The maximum atomic E-state index is 13.0. The van der Waals surface area contributed by atoms with E-state index in [1.807, 2.05) is 0 Å². The predicted octanol–water partition coefficient (Wildman–Crippen LogP) is 5.52. The van der Waals surface area contributed by atoms with Gasteiger partial charge in [-0.15, -0.1) is 11.3 Å². The molecular formula is C22H23ClN2O2S2. The number of anilines is 1. The topological polar surface area (TPSA) is 50.3 Å². The normalized spacial score (nSPS) is 15.6. The second-order valence-corrected chi connectivity index (χ2v) is 10.9. The van der Waals surface area contributed by atoms with E-state index in [0.29, 0.717) is 31.0 Å². The lowest BCUT2D eigenvalue weighted by Gasteiger charge is -2.31. The molecule has 2 aromatic carbocycles. The largest absolute Gasteiger partial charge is 0.348 e. The number of hydrogen-bond donors (Lipinski definition) is 0. The van der Waals surface area contributed by atoms with E-state index in [1.165, 1.54) is 11.1 Å². The minimum absolute atomic E-state index is 0.242. The van der Waals surface area contributed by atoms with E-state index in [0.717, 1.165) is 16.4 Å². The number of nitrogens with zero attached hydrogens (tertiary/aromatic N) is 2. The van der Waals surface area contributed by atoms with Gasteiger partial charge in [0.1, 0.15) is 0 Å². The van der Waals surface area contributed by atoms with Crippen LogP contribution in [0.25, 0.3) is 11.3 Å². The number of aryl methyl sites for hydroxylation is 2. The molecule has 0 bridgehead atoms. The Hall–Kier alpha value is -1.89. The lowest BCUT2D eigenvalue weighted by atomic mass is 10.1. The number of rotatable bonds is 4. The highest BCUT2D eigenvalue weighted by atomic mass is 35.5. The monoisotopic (exact) mass is 446 g/mol. The molecule has 2 heterocycles. The number of hydrogen-bond acceptors (Lipinski definition) is 5. The molecule has 3 aromatic rings. The zero-order valence-electron chi connectivity index (χ0n) is 16.4. The van der Waals surface area contributed by atoms with Crippen LogP contribution in [0.15, 0.2) is 52.7 Å². The highest BCUT2D eigenvalue weighted by Crippen LogP contribution is 2.33. The quantitative estimate of drug-likeness (QED) is 0.529. The van der Waals surface area contributed by atoms with Crippen LogP contribution in [0, 0.1) is 13.8 Å². The maximum Gasteiger partial charge on any atom is 0.185 e. The van der Waals surface area contributed by atoms with Crippen LogP contribution in [-0.2, 0) is 9.84 Å². The minimum Gasteiger partial charge on any atom is -0.348 e. The predicted molar refractivity (Wildman–Crippen MR) is 121 cm³/mol. The van der Waals surface area contributed by atoms with Gasteiger partial charge in [-0.3, -0.25) is 0 Å². The van der Waals surface area contributed by atoms with Crippen molar-refractivity contribution in [3.8, 4) is 11.3 Å². The van der Waals surface area contributed by atoms with Gasteiger partial charge in [-0.2, -0.15) is 0 Å². The Morgan fingerprint density at radius 1 is 1.07 bits per heavy atom. The number of sulfone groups is 1. The molecule has 0 N–H and O–H groups in total. The van der Waals surface area contributed by atoms with Gasteiger partial charge < -0.3 is 4.90 Å². The first kappa shape index (κ1) is 20.4. The van der Waals surface area contributed by atoms with Gasteiger partial charge in [-0.1, -0.05) is 35.9 Å². The molecule has 29 heavy (non-hydrogen) atoms. The summed E-state index contributed by atoms with van der Waals surface area (Å²) in [6.07, 6.45) is 1.15. The number of benzene rings is 2. The maximum absolute atomic E-state index is 13.0. The van der Waals surface area contributed by atoms with Crippen LogP contribution in [0.3, 0.4) is 0 Å². The zero-order valence-corrected chi connectivity index (χ0v) is 18.8. The van der Waals surface area contributed by atoms with E-state index in [1.54, 1.807) is 35.6 Å². The van der Waals surface area contributed by atoms with Crippen molar-refractivity contribution in [2.45, 2.75) is 36.8 Å². The van der Waals surface area contributed by atoms with Crippen molar-refractivity contribution in [3.63, 3.8) is 0 Å². The lowest BCUT2D eigenvalue weighted by Crippen LogP contribution is -2.39. The Morgan fingerprint density at radius 3 is 2.48 bits per heavy atom. The molecule has 0 atom stereocenters. The molecule has 1 fully saturated rings. The summed E-state index contributed by atoms with van der Waals surface area (Å²) in [6, 6.07) is 13.1. The van der Waals surface area contributed by atoms with Crippen LogP contribution in [-0.4, -0.2) is 31.7 Å². The van der Waals surface area contributed by atoms with E-state index in [-0.39, 0.29) is 4.90 Å². The number of piperidine rings is 1. The Kier molecular flexibility index (Phi) is 5.69. The smallest absolute Gasteiger partial charge is 0.185 e. The van der Waals surface area contributed by atoms with Gasteiger partial charge in [0.2, 0.25) is 0 Å². The van der Waals surface area contributed by atoms with Gasteiger partial charge in [0.15, 0.2) is 15.0 Å². The molecule has 0 amide bonds. The van der Waals surface area contributed by atoms with Gasteiger partial charge in [0, 0.05) is 24.0 Å². The summed E-state index contributed by atoms with van der Waals surface area (Å²) >= 11 is 7.75. The molecule has 0 radical (unpaired) electrons. The standard InChI is InChI=1S/C22H23ClN2O2S2/c1-15-7-8-17(13-16(15)2)20-14-28-22(24-20)25-11-9-18(10-12-25)29(26,27)21-6-4-3-5-19(21)23/h3-8,13-14,18H,9-12H2,1-2H3. The van der Waals surface area contributed by atoms with Crippen LogP contribution in [0.4, 0.5) is 5.13 Å². The average molecular weight is 447 g/mol. The number of halogens is 1. The van der Waals surface area contributed by atoms with Crippen molar-refractivity contribution in [1.82, 2.24) is 4.98 Å². The molecule has 1 aliphatic rings. The molecule has 1 aromatic heterocycles. The summed E-state index contributed by atoms with van der Waals surface area (Å²) in [5, 5.41) is 2.92. The zero-order chi connectivity index (χ0) is 20.6. The minimum atomic E-state index is -3.42. The summed E-state index contributed by atoms with van der Waals surface area (Å²) in [5.74, 6) is 0. The van der Waals surface area contributed by atoms with Crippen LogP contribution in [0.5, 0.6) is 0 Å². The fourth-order valence-electron chi connectivity index (χ4n) is 3.66. The van der Waals surface area contributed by atoms with E-state index in [2.05, 4.69) is 42.3 Å². The van der Waals surface area contributed by atoms with Crippen LogP contribution in [0.2, 0.25) is 5.02 Å². The number of aromatic nitrogens is 1. The summed E-state index contributed by atoms with van der Waals surface area (Å²) in [6.45, 7) is 5.56. The number of thiazole rings is 1. The van der Waals surface area contributed by atoms with Crippen LogP contribution in [0.1, 0.15) is 24.0 Å². The molecule has 1 saturated heterocycles. The Bertz CT molecular complexity index is 1130. The van der Waals surface area contributed by atoms with Crippen molar-refractivity contribution in [3.05, 3.63) is 64.0 Å². The van der Waals surface area contributed by atoms with E-state index in [9.17, 15) is 8.42 Å². The first-order chi connectivity index (χ1) is 13.9. The molecular weight excluding hydrogens is 424 g/mol. The fourth-order valence-corrected chi connectivity index (χ4v) is 6.80. The highest BCUT2D eigenvalue weighted by molar-refractivity contribution is 7.92. The second-order valence-electron chi connectivity index (χ2n) is 7.48. The molecule has 1 aliphatic heterocycles. The summed E-state index contributed by atoms with van der Waals surface area (Å²) in [5.41, 5.74) is 4.61. The molecule has 0 unspecified atom stereocenters. The molecule has 4 rings (SSSR count). The molecule has 0 spiro atoms. The van der Waals surface area contributed by atoms with E-state index < -0.39 is 15.1 Å². The third kappa shape index (κ3) is 4.06. The molecule has 7 heteroatoms. The van der Waals surface area contributed by atoms with Crippen molar-refractivity contribution in [2.75, 3.05) is 18.0 Å². The Labute approximate surface area is 181 Å². The summed E-state index contributed by atoms with van der Waals surface area (Å²) < 4.78 is 26.0. The van der Waals surface area contributed by atoms with Gasteiger partial charge in [0.25, 0.3) is 0 Å². The van der Waals surface area contributed by atoms with E-state index >= 15 is 0 Å². The van der Waals surface area contributed by atoms with Gasteiger partial charge in [0.05, 0.1) is 20.9 Å². The van der Waals surface area contributed by atoms with Gasteiger partial charge >= 0.3 is 0 Å². The fraction of sp³-hybridized carbons (Fsp3) is 0.318. The van der Waals surface area contributed by atoms with Crippen LogP contribution >= 0.6 is 22.9 Å². The van der Waals surface area contributed by atoms with Crippen LogP contribution < -0.4 is 4.90 Å². The third-order valence-electron chi connectivity index (χ3n) is 5.59. The molecule has 0 saturated carbocycles. The lowest BCUT2D eigenvalue weighted by molar-refractivity contribution is 0.529. The molecule has 0 aliphatic carbocycles. The highest BCUT2D eigenvalue weighted by Gasteiger charge is 2.33. The second kappa shape index (κ2) is 8.09. The van der Waals surface area contributed by atoms with Crippen molar-refractivity contribution < 1.29 is 8.42 Å². The van der Waals surface area contributed by atoms with E-state index in [4.69, 9.17) is 16.6 Å². The summed E-state index contributed by atoms with van der Waals surface area (Å²) in [4.78, 5) is 7.24. The average Bonchev–Trinajstić information content (AvgIpc) is 3.20. The first-order valence-electron chi connectivity index (χ1n) is 9.63. The van der Waals surface area contributed by atoms with Crippen molar-refractivity contribution in [1.29, 1.82) is 0 Å². The first-order valence-corrected chi connectivity index (χ1v) is 12.4. The third-order valence-corrected chi connectivity index (χ3v) is 9.25. The Morgan fingerprint density at radius 2 is 1.79 bits per heavy atom. The van der Waals surface area contributed by atoms with Crippen molar-refractivity contribution in [2.24, 2.45) is 0 Å². The molecule has 4 nitrogen and oxygen atoms in total. The van der Waals surface area contributed by atoms with Gasteiger partial charge in [-0.25, -0.2) is 13.4 Å². The van der Waals surface area contributed by atoms with Gasteiger partial charge in [-0.05, 0) is 56.0 Å². The summed E-state index contributed by atoms with van der Waals surface area (Å²) in [7, 11) is -3.42. The molecule has 152 valence electrons.